The largest absolute Gasteiger partial charge is 0.340 e. The molecule has 2 aromatic rings. The number of rotatable bonds is 3. The maximum absolute atomic E-state index is 4.29. The van der Waals surface area contributed by atoms with Gasteiger partial charge in [-0.3, -0.25) is 4.99 Å². The molecule has 0 N–H and O–H groups in total. The summed E-state index contributed by atoms with van der Waals surface area (Å²) < 4.78 is 1.93. The number of hydrogen-bond donors (Lipinski definition) is 0. The molecule has 17 heavy (non-hydrogen) atoms. The molecule has 3 nitrogen and oxygen atoms in total. The van der Waals surface area contributed by atoms with Crippen LogP contribution in [-0.2, 0) is 7.05 Å². The zero-order chi connectivity index (χ0) is 12.1. The van der Waals surface area contributed by atoms with E-state index in [1.807, 2.05) is 48.3 Å². The lowest BCUT2D eigenvalue weighted by molar-refractivity contribution is 0.913. The first kappa shape index (κ1) is 11.3. The first-order chi connectivity index (χ1) is 8.29. The lowest BCUT2D eigenvalue weighted by atomic mass is 10.1. The Morgan fingerprint density at radius 1 is 1.29 bits per heavy atom. The predicted octanol–water partition coefficient (Wildman–Crippen LogP) is 2.66. The van der Waals surface area contributed by atoms with Crippen LogP contribution < -0.4 is 0 Å². The van der Waals surface area contributed by atoms with Crippen LogP contribution in [0.25, 0.3) is 11.6 Å². The van der Waals surface area contributed by atoms with Gasteiger partial charge < -0.3 is 4.57 Å². The molecule has 0 unspecified atom stereocenters. The Balaban J connectivity index is 2.39. The molecular weight excluding hydrogens is 210 g/mol. The number of imidazole rings is 1. The van der Waals surface area contributed by atoms with Gasteiger partial charge >= 0.3 is 0 Å². The Hall–Kier alpha value is -2.16. The smallest absolute Gasteiger partial charge is 0.0950 e. The zero-order valence-corrected chi connectivity index (χ0v) is 10.0. The number of aliphatic imine (C=N–C) groups is 1. The number of aromatic nitrogens is 2. The fourth-order valence-electron chi connectivity index (χ4n) is 1.63. The van der Waals surface area contributed by atoms with Crippen molar-refractivity contribution in [2.75, 3.05) is 7.05 Å². The molecule has 0 spiro atoms. The molecule has 1 aromatic carbocycles. The third-order valence-corrected chi connectivity index (χ3v) is 2.40. The van der Waals surface area contributed by atoms with Crippen LogP contribution in [0.5, 0.6) is 0 Å². The number of hydrogen-bond acceptors (Lipinski definition) is 2. The normalized spacial score (nSPS) is 12.2. The standard InChI is InChI=1S/C14H15N3/c1-15-9-13(12-6-4-3-5-7-12)8-14-10-17(2)11-16-14/h3-11H,1-2H3/b13-8+,15-9-. The summed E-state index contributed by atoms with van der Waals surface area (Å²) >= 11 is 0. The van der Waals surface area contributed by atoms with Gasteiger partial charge in [0.25, 0.3) is 0 Å². The minimum absolute atomic E-state index is 0.936. The molecule has 0 atom stereocenters. The maximum atomic E-state index is 4.29. The summed E-state index contributed by atoms with van der Waals surface area (Å²) in [7, 11) is 3.73. The molecule has 0 bridgehead atoms. The van der Waals surface area contributed by atoms with Crippen molar-refractivity contribution in [1.29, 1.82) is 0 Å². The molecule has 1 heterocycles. The lowest BCUT2D eigenvalue weighted by Gasteiger charge is -2.00. The highest BCUT2D eigenvalue weighted by molar-refractivity contribution is 6.15. The van der Waals surface area contributed by atoms with Gasteiger partial charge in [-0.2, -0.15) is 0 Å². The topological polar surface area (TPSA) is 30.2 Å². The van der Waals surface area contributed by atoms with Crippen LogP contribution in [0.4, 0.5) is 0 Å². The van der Waals surface area contributed by atoms with E-state index in [-0.39, 0.29) is 0 Å². The van der Waals surface area contributed by atoms with E-state index in [1.54, 1.807) is 13.4 Å². The molecule has 0 aliphatic carbocycles. The molecule has 1 aromatic heterocycles. The van der Waals surface area contributed by atoms with Crippen molar-refractivity contribution in [2.45, 2.75) is 0 Å². The van der Waals surface area contributed by atoms with Crippen molar-refractivity contribution in [3.63, 3.8) is 0 Å². The number of allylic oxidation sites excluding steroid dienone is 1. The van der Waals surface area contributed by atoms with Crippen LogP contribution in [0.1, 0.15) is 11.3 Å². The molecule has 3 heteroatoms. The Bertz CT molecular complexity index is 536. The van der Waals surface area contributed by atoms with Gasteiger partial charge in [0, 0.05) is 32.1 Å². The van der Waals surface area contributed by atoms with E-state index in [4.69, 9.17) is 0 Å². The molecule has 0 saturated heterocycles. The van der Waals surface area contributed by atoms with Crippen molar-refractivity contribution in [3.8, 4) is 0 Å². The summed E-state index contributed by atoms with van der Waals surface area (Å²) in [6.07, 6.45) is 7.65. The minimum Gasteiger partial charge on any atom is -0.340 e. The average molecular weight is 225 g/mol. The summed E-state index contributed by atoms with van der Waals surface area (Å²) in [5.41, 5.74) is 3.14. The second kappa shape index (κ2) is 5.25. The quantitative estimate of drug-likeness (QED) is 0.739. The van der Waals surface area contributed by atoms with Gasteiger partial charge in [-0.05, 0) is 11.6 Å². The van der Waals surface area contributed by atoms with Crippen LogP contribution in [-0.4, -0.2) is 22.8 Å². The van der Waals surface area contributed by atoms with E-state index in [1.165, 1.54) is 0 Å². The van der Waals surface area contributed by atoms with Gasteiger partial charge in [-0.25, -0.2) is 4.98 Å². The number of aryl methyl sites for hydroxylation is 1. The van der Waals surface area contributed by atoms with Crippen LogP contribution >= 0.6 is 0 Å². The van der Waals surface area contributed by atoms with Gasteiger partial charge in [0.1, 0.15) is 0 Å². The molecular formula is C14H15N3. The monoisotopic (exact) mass is 225 g/mol. The number of benzene rings is 1. The van der Waals surface area contributed by atoms with Crippen LogP contribution in [0.2, 0.25) is 0 Å². The fraction of sp³-hybridized carbons (Fsp3) is 0.143. The Morgan fingerprint density at radius 3 is 2.65 bits per heavy atom. The van der Waals surface area contributed by atoms with Crippen LogP contribution in [0, 0.1) is 0 Å². The van der Waals surface area contributed by atoms with Crippen molar-refractivity contribution >= 4 is 17.9 Å². The summed E-state index contributed by atoms with van der Waals surface area (Å²) in [5.74, 6) is 0. The van der Waals surface area contributed by atoms with E-state index in [2.05, 4.69) is 22.1 Å². The van der Waals surface area contributed by atoms with Crippen LogP contribution in [0.3, 0.4) is 0 Å². The SMILES string of the molecule is C/N=C\C(=C/c1cn(C)cn1)c1ccccc1. The van der Waals surface area contributed by atoms with E-state index in [0.717, 1.165) is 16.8 Å². The summed E-state index contributed by atoms with van der Waals surface area (Å²) in [4.78, 5) is 8.38. The van der Waals surface area contributed by atoms with E-state index < -0.39 is 0 Å². The Morgan fingerprint density at radius 2 is 2.06 bits per heavy atom. The second-order valence-electron chi connectivity index (χ2n) is 3.82. The molecule has 0 radical (unpaired) electrons. The van der Waals surface area contributed by atoms with Gasteiger partial charge in [-0.1, -0.05) is 30.3 Å². The van der Waals surface area contributed by atoms with E-state index >= 15 is 0 Å². The molecule has 0 fully saturated rings. The fourth-order valence-corrected chi connectivity index (χ4v) is 1.63. The van der Waals surface area contributed by atoms with Crippen molar-refractivity contribution in [1.82, 2.24) is 9.55 Å². The maximum Gasteiger partial charge on any atom is 0.0950 e. The zero-order valence-electron chi connectivity index (χ0n) is 10.0. The van der Waals surface area contributed by atoms with E-state index in [0.29, 0.717) is 0 Å². The first-order valence-corrected chi connectivity index (χ1v) is 5.47. The van der Waals surface area contributed by atoms with Gasteiger partial charge in [0.05, 0.1) is 12.0 Å². The third-order valence-electron chi connectivity index (χ3n) is 2.40. The van der Waals surface area contributed by atoms with Crippen LogP contribution in [0.15, 0.2) is 47.8 Å². The second-order valence-corrected chi connectivity index (χ2v) is 3.82. The van der Waals surface area contributed by atoms with E-state index in [9.17, 15) is 0 Å². The summed E-state index contributed by atoms with van der Waals surface area (Å²) in [6.45, 7) is 0. The highest BCUT2D eigenvalue weighted by Crippen LogP contribution is 2.15. The Labute approximate surface area is 101 Å². The predicted molar refractivity (Wildman–Crippen MR) is 71.9 cm³/mol. The molecule has 0 amide bonds. The number of nitrogens with zero attached hydrogens (tertiary/aromatic N) is 3. The van der Waals surface area contributed by atoms with Gasteiger partial charge in [-0.15, -0.1) is 0 Å². The Kier molecular flexibility index (Phi) is 3.50. The minimum atomic E-state index is 0.936. The highest BCUT2D eigenvalue weighted by Gasteiger charge is 1.99. The van der Waals surface area contributed by atoms with Crippen molar-refractivity contribution < 1.29 is 0 Å². The molecule has 0 aliphatic heterocycles. The molecule has 2 rings (SSSR count). The third kappa shape index (κ3) is 2.91. The summed E-state index contributed by atoms with van der Waals surface area (Å²) in [6, 6.07) is 10.2. The average Bonchev–Trinajstić information content (AvgIpc) is 2.75. The first-order valence-electron chi connectivity index (χ1n) is 5.47. The highest BCUT2D eigenvalue weighted by atomic mass is 15.0. The molecule has 0 aliphatic rings. The lowest BCUT2D eigenvalue weighted by Crippen LogP contribution is -1.86. The summed E-state index contributed by atoms with van der Waals surface area (Å²) in [5, 5.41) is 0. The van der Waals surface area contributed by atoms with Crippen molar-refractivity contribution in [3.05, 3.63) is 54.1 Å². The van der Waals surface area contributed by atoms with Gasteiger partial charge in [0.2, 0.25) is 0 Å². The molecule has 0 saturated carbocycles. The van der Waals surface area contributed by atoms with Crippen molar-refractivity contribution in [2.24, 2.45) is 12.0 Å². The van der Waals surface area contributed by atoms with Gasteiger partial charge in [0.15, 0.2) is 0 Å². The molecule has 86 valence electrons.